The van der Waals surface area contributed by atoms with Crippen molar-refractivity contribution in [3.8, 4) is 0 Å². The second kappa shape index (κ2) is 4.09. The highest BCUT2D eigenvalue weighted by atomic mass is 32.1. The molecule has 1 N–H and O–H groups in total. The number of carboxylic acid groups (broad SMARTS) is 1. The lowest BCUT2D eigenvalue weighted by molar-refractivity contribution is 0.0684. The van der Waals surface area contributed by atoms with Crippen LogP contribution in [0.15, 0.2) is 24.5 Å². The van der Waals surface area contributed by atoms with Crippen LogP contribution in [-0.4, -0.2) is 20.6 Å². The molecule has 2 heterocycles. The Kier molecular flexibility index (Phi) is 2.78. The molecular formula is C11H12N2O2S. The minimum Gasteiger partial charge on any atom is -0.477 e. The second-order valence-corrected chi connectivity index (χ2v) is 4.86. The van der Waals surface area contributed by atoms with Crippen LogP contribution in [0.5, 0.6) is 0 Å². The lowest BCUT2D eigenvalue weighted by atomic mass is 10.3. The molecule has 0 spiro atoms. The van der Waals surface area contributed by atoms with Crippen LogP contribution < -0.4 is 0 Å². The maximum Gasteiger partial charge on any atom is 0.352 e. The molecule has 4 nitrogen and oxygen atoms in total. The Morgan fingerprint density at radius 3 is 2.94 bits per heavy atom. The minimum absolute atomic E-state index is 0.0419. The van der Waals surface area contributed by atoms with Crippen LogP contribution in [-0.2, 0) is 0 Å². The number of rotatable bonds is 3. The first kappa shape index (κ1) is 10.9. The number of hydrogen-bond acceptors (Lipinski definition) is 3. The molecule has 0 saturated heterocycles. The van der Waals surface area contributed by atoms with Gasteiger partial charge in [-0.3, -0.25) is 0 Å². The number of carboxylic acids is 1. The van der Waals surface area contributed by atoms with E-state index in [1.165, 1.54) is 0 Å². The van der Waals surface area contributed by atoms with E-state index in [9.17, 15) is 4.79 Å². The molecular weight excluding hydrogens is 224 g/mol. The lowest BCUT2D eigenvalue weighted by Gasteiger charge is -2.12. The summed E-state index contributed by atoms with van der Waals surface area (Å²) in [6, 6.07) is 3.29. The fourth-order valence-electron chi connectivity index (χ4n) is 1.60. The van der Waals surface area contributed by atoms with Crippen LogP contribution in [0.3, 0.4) is 0 Å². The van der Waals surface area contributed by atoms with Crippen molar-refractivity contribution in [1.82, 2.24) is 9.55 Å². The van der Waals surface area contributed by atoms with Crippen LogP contribution in [0, 0.1) is 6.92 Å². The Hall–Kier alpha value is -1.62. The third kappa shape index (κ3) is 1.86. The second-order valence-electron chi connectivity index (χ2n) is 3.59. The molecule has 1 atom stereocenters. The van der Waals surface area contributed by atoms with E-state index < -0.39 is 5.97 Å². The molecule has 0 radical (unpaired) electrons. The topological polar surface area (TPSA) is 55.1 Å². The van der Waals surface area contributed by atoms with E-state index in [1.54, 1.807) is 40.4 Å². The molecule has 0 fully saturated rings. The molecule has 0 aliphatic rings. The van der Waals surface area contributed by atoms with Crippen molar-refractivity contribution in [2.24, 2.45) is 0 Å². The van der Waals surface area contributed by atoms with E-state index in [0.717, 1.165) is 9.88 Å². The van der Waals surface area contributed by atoms with Gasteiger partial charge in [-0.1, -0.05) is 0 Å². The summed E-state index contributed by atoms with van der Waals surface area (Å²) in [5.41, 5.74) is 0.292. The summed E-state index contributed by atoms with van der Waals surface area (Å²) >= 11 is 1.59. The Bertz CT molecular complexity index is 516. The number of aromatic carboxylic acids is 1. The monoisotopic (exact) mass is 236 g/mol. The smallest absolute Gasteiger partial charge is 0.352 e. The van der Waals surface area contributed by atoms with Gasteiger partial charge in [0.15, 0.2) is 0 Å². The highest BCUT2D eigenvalue weighted by Crippen LogP contribution is 2.24. The van der Waals surface area contributed by atoms with Crippen molar-refractivity contribution in [2.75, 3.05) is 0 Å². The maximum absolute atomic E-state index is 11.0. The number of nitrogens with zero attached hydrogens (tertiary/aromatic N) is 2. The molecule has 0 aliphatic heterocycles. The van der Waals surface area contributed by atoms with Crippen molar-refractivity contribution in [2.45, 2.75) is 19.9 Å². The quantitative estimate of drug-likeness (QED) is 0.891. The van der Waals surface area contributed by atoms with Crippen LogP contribution in [0.1, 0.15) is 33.3 Å². The van der Waals surface area contributed by atoms with Gasteiger partial charge in [-0.2, -0.15) is 0 Å². The van der Waals surface area contributed by atoms with E-state index in [2.05, 4.69) is 4.98 Å². The Balaban J connectivity index is 2.37. The fraction of sp³-hybridized carbons (Fsp3) is 0.273. The summed E-state index contributed by atoms with van der Waals surface area (Å²) < 4.78 is 1.72. The third-order valence-electron chi connectivity index (χ3n) is 2.41. The molecule has 0 aromatic carbocycles. The maximum atomic E-state index is 11.0. The SMILES string of the molecule is Cc1cnc(C(C)n2cccc2C(=O)O)s1. The van der Waals surface area contributed by atoms with Gasteiger partial charge in [-0.25, -0.2) is 9.78 Å². The van der Waals surface area contributed by atoms with Gasteiger partial charge in [-0.05, 0) is 26.0 Å². The first-order valence-corrected chi connectivity index (χ1v) is 5.73. The molecule has 0 aliphatic carbocycles. The zero-order valence-corrected chi connectivity index (χ0v) is 9.86. The van der Waals surface area contributed by atoms with Crippen LogP contribution in [0.25, 0.3) is 0 Å². The number of aromatic nitrogens is 2. The summed E-state index contributed by atoms with van der Waals surface area (Å²) in [7, 11) is 0. The Labute approximate surface area is 97.2 Å². The van der Waals surface area contributed by atoms with Gasteiger partial charge in [0.05, 0.1) is 6.04 Å². The lowest BCUT2D eigenvalue weighted by Crippen LogP contribution is -2.12. The van der Waals surface area contributed by atoms with E-state index in [-0.39, 0.29) is 6.04 Å². The predicted octanol–water partition coefficient (Wildman–Crippen LogP) is 2.56. The van der Waals surface area contributed by atoms with Gasteiger partial charge >= 0.3 is 5.97 Å². The van der Waals surface area contributed by atoms with Gasteiger partial charge in [-0.15, -0.1) is 11.3 Å². The molecule has 0 amide bonds. The average molecular weight is 236 g/mol. The molecule has 2 aromatic rings. The van der Waals surface area contributed by atoms with Gasteiger partial charge in [0.25, 0.3) is 0 Å². The molecule has 1 unspecified atom stereocenters. The normalized spacial score (nSPS) is 12.6. The first-order chi connectivity index (χ1) is 7.59. The van der Waals surface area contributed by atoms with Gasteiger partial charge in [0.2, 0.25) is 0 Å². The minimum atomic E-state index is -0.912. The van der Waals surface area contributed by atoms with Crippen molar-refractivity contribution in [3.05, 3.63) is 40.1 Å². The number of hydrogen-bond donors (Lipinski definition) is 1. The average Bonchev–Trinajstić information content (AvgIpc) is 2.84. The largest absolute Gasteiger partial charge is 0.477 e. The molecule has 2 rings (SSSR count). The van der Waals surface area contributed by atoms with Crippen molar-refractivity contribution in [3.63, 3.8) is 0 Å². The van der Waals surface area contributed by atoms with E-state index in [4.69, 9.17) is 5.11 Å². The summed E-state index contributed by atoms with van der Waals surface area (Å²) in [5, 5.41) is 9.94. The van der Waals surface area contributed by atoms with E-state index >= 15 is 0 Å². The summed E-state index contributed by atoms with van der Waals surface area (Å²) in [6.45, 7) is 3.94. The standard InChI is InChI=1S/C11H12N2O2S/c1-7-6-12-10(16-7)8(2)13-5-3-4-9(13)11(14)15/h3-6,8H,1-2H3,(H,14,15). The van der Waals surface area contributed by atoms with Gasteiger partial charge in [0.1, 0.15) is 10.7 Å². The molecule has 2 aromatic heterocycles. The van der Waals surface area contributed by atoms with E-state index in [1.807, 2.05) is 13.8 Å². The molecule has 5 heteroatoms. The van der Waals surface area contributed by atoms with Crippen molar-refractivity contribution in [1.29, 1.82) is 0 Å². The number of thiazole rings is 1. The van der Waals surface area contributed by atoms with Crippen molar-refractivity contribution >= 4 is 17.3 Å². The predicted molar refractivity (Wildman–Crippen MR) is 62.1 cm³/mol. The van der Waals surface area contributed by atoms with Gasteiger partial charge < -0.3 is 9.67 Å². The first-order valence-electron chi connectivity index (χ1n) is 4.92. The molecule has 84 valence electrons. The van der Waals surface area contributed by atoms with Crippen LogP contribution in [0.2, 0.25) is 0 Å². The van der Waals surface area contributed by atoms with Crippen LogP contribution >= 0.6 is 11.3 Å². The third-order valence-corrected chi connectivity index (χ3v) is 3.49. The number of aryl methyl sites for hydroxylation is 1. The van der Waals surface area contributed by atoms with Crippen molar-refractivity contribution < 1.29 is 9.90 Å². The zero-order chi connectivity index (χ0) is 11.7. The van der Waals surface area contributed by atoms with Crippen LogP contribution in [0.4, 0.5) is 0 Å². The highest BCUT2D eigenvalue weighted by Gasteiger charge is 2.17. The van der Waals surface area contributed by atoms with E-state index in [0.29, 0.717) is 5.69 Å². The Morgan fingerprint density at radius 1 is 1.62 bits per heavy atom. The highest BCUT2D eigenvalue weighted by molar-refractivity contribution is 7.11. The molecule has 16 heavy (non-hydrogen) atoms. The Morgan fingerprint density at radius 2 is 2.38 bits per heavy atom. The van der Waals surface area contributed by atoms with Gasteiger partial charge in [0, 0.05) is 17.3 Å². The summed E-state index contributed by atoms with van der Waals surface area (Å²) in [4.78, 5) is 16.4. The fourth-order valence-corrected chi connectivity index (χ4v) is 2.42. The molecule has 0 saturated carbocycles. The molecule has 0 bridgehead atoms. The zero-order valence-electron chi connectivity index (χ0n) is 9.04. The summed E-state index contributed by atoms with van der Waals surface area (Å²) in [6.07, 6.45) is 3.57. The summed E-state index contributed by atoms with van der Waals surface area (Å²) in [5.74, 6) is -0.912. The number of carbonyl (C=O) groups is 1.